The van der Waals surface area contributed by atoms with Crippen LogP contribution in [0.5, 0.6) is 0 Å². The lowest BCUT2D eigenvalue weighted by Gasteiger charge is -2.23. The van der Waals surface area contributed by atoms with Gasteiger partial charge in [0.2, 0.25) is 0 Å². The molecule has 0 aromatic heterocycles. The van der Waals surface area contributed by atoms with E-state index in [2.05, 4.69) is 5.32 Å². The summed E-state index contributed by atoms with van der Waals surface area (Å²) in [5.74, 6) is -0.466. The lowest BCUT2D eigenvalue weighted by Crippen LogP contribution is -2.45. The fourth-order valence-corrected chi connectivity index (χ4v) is 1.44. The van der Waals surface area contributed by atoms with Crippen molar-refractivity contribution < 1.29 is 19.1 Å². The Morgan fingerprint density at radius 1 is 1.15 bits per heavy atom. The molecule has 2 atom stereocenters. The van der Waals surface area contributed by atoms with E-state index in [-0.39, 0.29) is 12.1 Å². The first-order valence-corrected chi connectivity index (χ1v) is 6.97. The summed E-state index contributed by atoms with van der Waals surface area (Å²) >= 11 is 0. The van der Waals surface area contributed by atoms with Gasteiger partial charge in [-0.25, -0.2) is 9.59 Å². The van der Waals surface area contributed by atoms with Crippen LogP contribution in [0, 0.1) is 0 Å². The van der Waals surface area contributed by atoms with Crippen LogP contribution in [0.3, 0.4) is 0 Å². The Morgan fingerprint density at radius 2 is 1.70 bits per heavy atom. The first kappa shape index (κ1) is 18.7. The molecule has 6 heteroatoms. The molecule has 0 heterocycles. The van der Waals surface area contributed by atoms with Gasteiger partial charge in [0.15, 0.2) is 0 Å². The molecule has 0 aromatic rings. The third-order valence-corrected chi connectivity index (χ3v) is 2.24. The molecule has 2 unspecified atom stereocenters. The van der Waals surface area contributed by atoms with Crippen LogP contribution in [-0.4, -0.2) is 35.9 Å². The van der Waals surface area contributed by atoms with Crippen LogP contribution in [0.2, 0.25) is 0 Å². The molecule has 0 aliphatic rings. The molecule has 0 saturated heterocycles. The molecular formula is C14H28N2O4. The molecule has 0 saturated carbocycles. The molecule has 6 nitrogen and oxygen atoms in total. The standard InChI is InChI=1S/C14H28N2O4/c1-9(2)19-12(17)11(8-7-10(3)15)16-13(18)20-14(4,5)6/h9-11H,7-8,15H2,1-6H3,(H,16,18). The number of hydrogen-bond acceptors (Lipinski definition) is 5. The Hall–Kier alpha value is -1.30. The Balaban J connectivity index is 4.59. The number of hydrogen-bond donors (Lipinski definition) is 2. The fraction of sp³-hybridized carbons (Fsp3) is 0.857. The Morgan fingerprint density at radius 3 is 2.10 bits per heavy atom. The summed E-state index contributed by atoms with van der Waals surface area (Å²) in [7, 11) is 0. The zero-order valence-corrected chi connectivity index (χ0v) is 13.4. The smallest absolute Gasteiger partial charge is 0.408 e. The van der Waals surface area contributed by atoms with Gasteiger partial charge >= 0.3 is 12.1 Å². The molecule has 3 N–H and O–H groups in total. The maximum Gasteiger partial charge on any atom is 0.408 e. The second kappa shape index (κ2) is 8.09. The normalized spacial score (nSPS) is 14.6. The molecular weight excluding hydrogens is 260 g/mol. The number of alkyl carbamates (subject to hydrolysis) is 1. The van der Waals surface area contributed by atoms with Gasteiger partial charge in [0.1, 0.15) is 11.6 Å². The maximum atomic E-state index is 11.9. The molecule has 0 aromatic carbocycles. The van der Waals surface area contributed by atoms with Crippen molar-refractivity contribution in [3.05, 3.63) is 0 Å². The van der Waals surface area contributed by atoms with Crippen molar-refractivity contribution in [3.8, 4) is 0 Å². The number of carbonyl (C=O) groups excluding carboxylic acids is 2. The average Bonchev–Trinajstić information content (AvgIpc) is 2.19. The number of ether oxygens (including phenoxy) is 2. The molecule has 0 bridgehead atoms. The molecule has 0 fully saturated rings. The lowest BCUT2D eigenvalue weighted by molar-refractivity contribution is -0.150. The van der Waals surface area contributed by atoms with Crippen LogP contribution in [0.4, 0.5) is 4.79 Å². The van der Waals surface area contributed by atoms with Crippen LogP contribution in [-0.2, 0) is 14.3 Å². The summed E-state index contributed by atoms with van der Waals surface area (Å²) in [6, 6.07) is -0.789. The van der Waals surface area contributed by atoms with Crippen LogP contribution >= 0.6 is 0 Å². The van der Waals surface area contributed by atoms with Gasteiger partial charge in [0.05, 0.1) is 6.10 Å². The number of esters is 1. The number of rotatable bonds is 6. The monoisotopic (exact) mass is 288 g/mol. The second-order valence-electron chi connectivity index (χ2n) is 6.24. The highest BCUT2D eigenvalue weighted by molar-refractivity contribution is 5.81. The van der Waals surface area contributed by atoms with Gasteiger partial charge in [-0.1, -0.05) is 0 Å². The first-order valence-electron chi connectivity index (χ1n) is 6.97. The van der Waals surface area contributed by atoms with Gasteiger partial charge in [0, 0.05) is 6.04 Å². The quantitative estimate of drug-likeness (QED) is 0.729. The zero-order valence-electron chi connectivity index (χ0n) is 13.4. The lowest BCUT2D eigenvalue weighted by atomic mass is 10.1. The predicted octanol–water partition coefficient (Wildman–Crippen LogP) is 1.96. The van der Waals surface area contributed by atoms with Crippen molar-refractivity contribution in [1.82, 2.24) is 5.32 Å². The highest BCUT2D eigenvalue weighted by Gasteiger charge is 2.26. The molecule has 118 valence electrons. The first-order chi connectivity index (χ1) is 9.01. The summed E-state index contributed by atoms with van der Waals surface area (Å²) in [4.78, 5) is 23.7. The van der Waals surface area contributed by atoms with Gasteiger partial charge in [-0.05, 0) is 54.4 Å². The minimum absolute atomic E-state index is 0.0511. The zero-order chi connectivity index (χ0) is 15.9. The molecule has 0 radical (unpaired) electrons. The summed E-state index contributed by atoms with van der Waals surface area (Å²) in [6.45, 7) is 10.6. The van der Waals surface area contributed by atoms with E-state index < -0.39 is 23.7 Å². The largest absolute Gasteiger partial charge is 0.461 e. The van der Waals surface area contributed by atoms with E-state index in [1.165, 1.54) is 0 Å². The highest BCUT2D eigenvalue weighted by Crippen LogP contribution is 2.09. The molecule has 0 aliphatic heterocycles. The summed E-state index contributed by atoms with van der Waals surface area (Å²) in [5, 5.41) is 2.54. The molecule has 20 heavy (non-hydrogen) atoms. The summed E-state index contributed by atoms with van der Waals surface area (Å²) in [6.07, 6.45) is 0.157. The summed E-state index contributed by atoms with van der Waals surface area (Å²) < 4.78 is 10.3. The van der Waals surface area contributed by atoms with Gasteiger partial charge < -0.3 is 20.5 Å². The number of carbonyl (C=O) groups is 2. The van der Waals surface area contributed by atoms with Crippen LogP contribution in [0.15, 0.2) is 0 Å². The topological polar surface area (TPSA) is 90.6 Å². The third-order valence-electron chi connectivity index (χ3n) is 2.24. The van der Waals surface area contributed by atoms with Crippen molar-refractivity contribution in [2.75, 3.05) is 0 Å². The van der Waals surface area contributed by atoms with E-state index in [4.69, 9.17) is 15.2 Å². The van der Waals surface area contributed by atoms with Gasteiger partial charge in [-0.2, -0.15) is 0 Å². The van der Waals surface area contributed by atoms with E-state index in [0.717, 1.165) is 0 Å². The van der Waals surface area contributed by atoms with E-state index in [1.807, 2.05) is 6.92 Å². The molecule has 0 rings (SSSR count). The molecule has 0 spiro atoms. The van der Waals surface area contributed by atoms with E-state index in [0.29, 0.717) is 12.8 Å². The minimum atomic E-state index is -0.738. The second-order valence-corrected chi connectivity index (χ2v) is 6.24. The Labute approximate surface area is 121 Å². The SMILES string of the molecule is CC(N)CCC(NC(=O)OC(C)(C)C)C(=O)OC(C)C. The van der Waals surface area contributed by atoms with Crippen LogP contribution < -0.4 is 11.1 Å². The van der Waals surface area contributed by atoms with Crippen molar-refractivity contribution in [1.29, 1.82) is 0 Å². The van der Waals surface area contributed by atoms with Gasteiger partial charge in [-0.15, -0.1) is 0 Å². The van der Waals surface area contributed by atoms with E-state index in [9.17, 15) is 9.59 Å². The number of amides is 1. The maximum absolute atomic E-state index is 11.9. The highest BCUT2D eigenvalue weighted by atomic mass is 16.6. The number of nitrogens with two attached hydrogens (primary N) is 1. The van der Waals surface area contributed by atoms with Crippen molar-refractivity contribution >= 4 is 12.1 Å². The summed E-state index contributed by atoms with van der Waals surface area (Å²) in [5.41, 5.74) is 5.07. The molecule has 0 aliphatic carbocycles. The average molecular weight is 288 g/mol. The van der Waals surface area contributed by atoms with Gasteiger partial charge in [-0.3, -0.25) is 0 Å². The van der Waals surface area contributed by atoms with Crippen molar-refractivity contribution in [2.24, 2.45) is 5.73 Å². The van der Waals surface area contributed by atoms with E-state index in [1.54, 1.807) is 34.6 Å². The van der Waals surface area contributed by atoms with E-state index >= 15 is 0 Å². The van der Waals surface area contributed by atoms with Crippen molar-refractivity contribution in [3.63, 3.8) is 0 Å². The Bertz CT molecular complexity index is 322. The van der Waals surface area contributed by atoms with Crippen molar-refractivity contribution in [2.45, 2.75) is 78.2 Å². The fourth-order valence-electron chi connectivity index (χ4n) is 1.44. The van der Waals surface area contributed by atoms with Gasteiger partial charge in [0.25, 0.3) is 0 Å². The number of nitrogens with one attached hydrogen (secondary N) is 1. The van der Waals surface area contributed by atoms with Crippen LogP contribution in [0.1, 0.15) is 54.4 Å². The molecule has 1 amide bonds. The minimum Gasteiger partial charge on any atom is -0.461 e. The Kier molecular flexibility index (Phi) is 7.57. The third kappa shape index (κ3) is 9.61. The predicted molar refractivity (Wildman–Crippen MR) is 77.3 cm³/mol. The van der Waals surface area contributed by atoms with Crippen LogP contribution in [0.25, 0.3) is 0 Å².